The third-order valence-corrected chi connectivity index (χ3v) is 4.88. The first-order valence-corrected chi connectivity index (χ1v) is 8.77. The number of ether oxygens (including phenoxy) is 1. The molecule has 0 bridgehead atoms. The fraction of sp³-hybridized carbons (Fsp3) is 0.333. The van der Waals surface area contributed by atoms with Gasteiger partial charge in [0.2, 0.25) is 0 Å². The van der Waals surface area contributed by atoms with Gasteiger partial charge < -0.3 is 15.2 Å². The maximum Gasteiger partial charge on any atom is 0.139 e. The van der Waals surface area contributed by atoms with Gasteiger partial charge in [-0.25, -0.2) is 9.97 Å². The molecule has 0 aliphatic carbocycles. The maximum atomic E-state index is 8.71. The molecular formula is C15H17N3O2S2. The number of nitrogens with one attached hydrogen (secondary N) is 1. The quantitative estimate of drug-likeness (QED) is 0.649. The van der Waals surface area contributed by atoms with Gasteiger partial charge in [-0.05, 0) is 18.4 Å². The second-order valence-corrected chi connectivity index (χ2v) is 6.49. The zero-order chi connectivity index (χ0) is 15.4. The first kappa shape index (κ1) is 15.4. The molecule has 0 aromatic carbocycles. The van der Waals surface area contributed by atoms with Gasteiger partial charge >= 0.3 is 0 Å². The van der Waals surface area contributed by atoms with Crippen LogP contribution in [0.5, 0.6) is 0 Å². The van der Waals surface area contributed by atoms with E-state index in [4.69, 9.17) is 9.84 Å². The summed E-state index contributed by atoms with van der Waals surface area (Å²) in [6.45, 7) is 3.48. The van der Waals surface area contributed by atoms with Gasteiger partial charge in [0.15, 0.2) is 0 Å². The van der Waals surface area contributed by atoms with Crippen molar-refractivity contribution in [1.82, 2.24) is 9.97 Å². The lowest BCUT2D eigenvalue weighted by molar-refractivity contribution is 0.0992. The Kier molecular flexibility index (Phi) is 4.99. The Morgan fingerprint density at radius 1 is 1.27 bits per heavy atom. The van der Waals surface area contributed by atoms with E-state index in [0.29, 0.717) is 19.8 Å². The molecule has 7 heteroatoms. The Hall–Kier alpha value is -1.54. The first-order valence-electron chi connectivity index (χ1n) is 7.02. The van der Waals surface area contributed by atoms with Crippen molar-refractivity contribution in [3.63, 3.8) is 0 Å². The summed E-state index contributed by atoms with van der Waals surface area (Å²) in [6.07, 6.45) is 0. The van der Waals surface area contributed by atoms with E-state index in [1.807, 2.05) is 13.0 Å². The highest BCUT2D eigenvalue weighted by molar-refractivity contribution is 7.18. The van der Waals surface area contributed by atoms with E-state index in [1.54, 1.807) is 22.7 Å². The Labute approximate surface area is 136 Å². The van der Waals surface area contributed by atoms with Crippen molar-refractivity contribution in [3.05, 3.63) is 28.7 Å². The zero-order valence-electron chi connectivity index (χ0n) is 12.2. The lowest BCUT2D eigenvalue weighted by Crippen LogP contribution is -2.12. The number of aromatic nitrogens is 2. The van der Waals surface area contributed by atoms with Crippen LogP contribution in [0, 0.1) is 6.92 Å². The van der Waals surface area contributed by atoms with E-state index in [9.17, 15) is 0 Å². The van der Waals surface area contributed by atoms with Crippen molar-refractivity contribution < 1.29 is 9.84 Å². The molecule has 0 atom stereocenters. The van der Waals surface area contributed by atoms with Gasteiger partial charge in [0, 0.05) is 22.4 Å². The summed E-state index contributed by atoms with van der Waals surface area (Å²) >= 11 is 3.35. The number of thiophene rings is 2. The summed E-state index contributed by atoms with van der Waals surface area (Å²) in [5.74, 6) is 1.60. The first-order chi connectivity index (χ1) is 10.8. The van der Waals surface area contributed by atoms with Crippen LogP contribution in [-0.2, 0) is 4.74 Å². The molecule has 0 spiro atoms. The number of fused-ring (bicyclic) bond motifs is 1. The molecule has 3 rings (SSSR count). The highest BCUT2D eigenvalue weighted by Gasteiger charge is 2.14. The number of aliphatic hydroxyl groups excluding tert-OH is 1. The Morgan fingerprint density at radius 3 is 2.95 bits per heavy atom. The fourth-order valence-corrected chi connectivity index (χ4v) is 4.00. The molecule has 0 aliphatic rings. The highest BCUT2D eigenvalue weighted by atomic mass is 32.1. The molecule has 2 N–H and O–H groups in total. The minimum absolute atomic E-state index is 0.0456. The molecule has 5 nitrogen and oxygen atoms in total. The van der Waals surface area contributed by atoms with E-state index < -0.39 is 0 Å². The van der Waals surface area contributed by atoms with Gasteiger partial charge in [-0.2, -0.15) is 0 Å². The normalized spacial score (nSPS) is 11.2. The standard InChI is InChI=1S/C15H17N3O2S2/c1-10-17-14(16-4-6-20-7-5-19)13-11(9-22-15(13)18-10)12-3-2-8-21-12/h2-3,8-9,19H,4-7H2,1H3,(H,16,17,18). The summed E-state index contributed by atoms with van der Waals surface area (Å²) in [5.41, 5.74) is 1.17. The number of hydrogen-bond donors (Lipinski definition) is 2. The average molecular weight is 335 g/mol. The predicted molar refractivity (Wildman–Crippen MR) is 91.9 cm³/mol. The van der Waals surface area contributed by atoms with Crippen LogP contribution in [0.2, 0.25) is 0 Å². The molecule has 0 unspecified atom stereocenters. The molecule has 0 saturated carbocycles. The molecule has 3 aromatic rings. The zero-order valence-corrected chi connectivity index (χ0v) is 13.8. The van der Waals surface area contributed by atoms with Crippen LogP contribution in [0.4, 0.5) is 5.82 Å². The number of aryl methyl sites for hydroxylation is 1. The van der Waals surface area contributed by atoms with Crippen LogP contribution in [0.25, 0.3) is 20.7 Å². The van der Waals surface area contributed by atoms with Crippen molar-refractivity contribution in [1.29, 1.82) is 0 Å². The fourth-order valence-electron chi connectivity index (χ4n) is 2.20. The van der Waals surface area contributed by atoms with Crippen molar-refractivity contribution >= 4 is 38.7 Å². The van der Waals surface area contributed by atoms with Crippen LogP contribution in [0.1, 0.15) is 5.82 Å². The van der Waals surface area contributed by atoms with Gasteiger partial charge in [0.05, 0.1) is 25.2 Å². The molecule has 3 heterocycles. The second kappa shape index (κ2) is 7.15. The largest absolute Gasteiger partial charge is 0.394 e. The summed E-state index contributed by atoms with van der Waals surface area (Å²) < 4.78 is 5.28. The Bertz CT molecular complexity index is 741. The van der Waals surface area contributed by atoms with E-state index in [2.05, 4.69) is 32.1 Å². The third-order valence-electron chi connectivity index (χ3n) is 3.11. The van der Waals surface area contributed by atoms with Gasteiger partial charge in [-0.15, -0.1) is 22.7 Å². The lowest BCUT2D eigenvalue weighted by atomic mass is 10.2. The molecule has 116 valence electrons. The van der Waals surface area contributed by atoms with E-state index >= 15 is 0 Å². The smallest absolute Gasteiger partial charge is 0.139 e. The minimum atomic E-state index is 0.0456. The van der Waals surface area contributed by atoms with Gasteiger partial charge in [-0.3, -0.25) is 0 Å². The van der Waals surface area contributed by atoms with Crippen LogP contribution in [-0.4, -0.2) is 41.4 Å². The number of anilines is 1. The van der Waals surface area contributed by atoms with E-state index in [1.165, 1.54) is 10.4 Å². The molecule has 22 heavy (non-hydrogen) atoms. The third kappa shape index (κ3) is 3.27. The van der Waals surface area contributed by atoms with Gasteiger partial charge in [0.25, 0.3) is 0 Å². The molecule has 0 fully saturated rings. The molecule has 3 aromatic heterocycles. The summed E-state index contributed by atoms with van der Waals surface area (Å²) in [5, 5.41) is 17.3. The lowest BCUT2D eigenvalue weighted by Gasteiger charge is -2.09. The Morgan fingerprint density at radius 2 is 2.18 bits per heavy atom. The summed E-state index contributed by atoms with van der Waals surface area (Å²) in [7, 11) is 0. The van der Waals surface area contributed by atoms with Crippen LogP contribution < -0.4 is 5.32 Å². The topological polar surface area (TPSA) is 67.3 Å². The molecule has 0 aliphatic heterocycles. The van der Waals surface area contributed by atoms with Gasteiger partial charge in [0.1, 0.15) is 16.5 Å². The SMILES string of the molecule is Cc1nc(NCCOCCO)c2c(-c3cccs3)csc2n1. The number of hydrogen-bond acceptors (Lipinski definition) is 7. The molecule has 0 saturated heterocycles. The highest BCUT2D eigenvalue weighted by Crippen LogP contribution is 2.38. The predicted octanol–water partition coefficient (Wildman–Crippen LogP) is 3.15. The van der Waals surface area contributed by atoms with Crippen molar-refractivity contribution in [2.24, 2.45) is 0 Å². The van der Waals surface area contributed by atoms with E-state index in [-0.39, 0.29) is 6.61 Å². The molecule has 0 amide bonds. The van der Waals surface area contributed by atoms with Crippen LogP contribution >= 0.6 is 22.7 Å². The van der Waals surface area contributed by atoms with Crippen molar-refractivity contribution in [2.75, 3.05) is 31.7 Å². The summed E-state index contributed by atoms with van der Waals surface area (Å²) in [6, 6.07) is 4.16. The maximum absolute atomic E-state index is 8.71. The van der Waals surface area contributed by atoms with Crippen LogP contribution in [0.3, 0.4) is 0 Å². The van der Waals surface area contributed by atoms with Crippen molar-refractivity contribution in [3.8, 4) is 10.4 Å². The van der Waals surface area contributed by atoms with E-state index in [0.717, 1.165) is 21.9 Å². The average Bonchev–Trinajstić information content (AvgIpc) is 3.15. The second-order valence-electron chi connectivity index (χ2n) is 4.69. The summed E-state index contributed by atoms with van der Waals surface area (Å²) in [4.78, 5) is 11.3. The number of rotatable bonds is 7. The molecular weight excluding hydrogens is 318 g/mol. The van der Waals surface area contributed by atoms with Crippen molar-refractivity contribution in [2.45, 2.75) is 6.92 Å². The minimum Gasteiger partial charge on any atom is -0.394 e. The monoisotopic (exact) mass is 335 g/mol. The Balaban J connectivity index is 1.89. The number of nitrogens with zero attached hydrogens (tertiary/aromatic N) is 2. The molecule has 0 radical (unpaired) electrons. The number of aliphatic hydroxyl groups is 1. The van der Waals surface area contributed by atoms with Gasteiger partial charge in [-0.1, -0.05) is 6.07 Å². The van der Waals surface area contributed by atoms with Crippen LogP contribution in [0.15, 0.2) is 22.9 Å².